The van der Waals surface area contributed by atoms with E-state index in [1.54, 1.807) is 0 Å². The van der Waals surface area contributed by atoms with E-state index in [9.17, 15) is 13.2 Å². The molecule has 1 saturated carbocycles. The van der Waals surface area contributed by atoms with Crippen LogP contribution in [0.1, 0.15) is 31.7 Å². The first kappa shape index (κ1) is 14.7. The van der Waals surface area contributed by atoms with Crippen molar-refractivity contribution in [3.05, 3.63) is 35.1 Å². The van der Waals surface area contributed by atoms with Crippen LogP contribution in [0.15, 0.2) is 12.1 Å². The van der Waals surface area contributed by atoms with Gasteiger partial charge in [-0.3, -0.25) is 0 Å². The van der Waals surface area contributed by atoms with Gasteiger partial charge in [0.15, 0.2) is 17.5 Å². The largest absolute Gasteiger partial charge is 0.309 e. The zero-order valence-electron chi connectivity index (χ0n) is 10.9. The van der Waals surface area contributed by atoms with E-state index in [1.165, 1.54) is 12.8 Å². The Kier molecular flexibility index (Phi) is 5.16. The molecular formula is C14H18F3NS. The molecule has 0 bridgehead atoms. The second-order valence-electron chi connectivity index (χ2n) is 4.79. The zero-order valence-corrected chi connectivity index (χ0v) is 11.7. The maximum atomic E-state index is 13.1. The van der Waals surface area contributed by atoms with Crippen molar-refractivity contribution in [3.63, 3.8) is 0 Å². The maximum Gasteiger partial charge on any atom is 0.194 e. The number of halogens is 3. The lowest BCUT2D eigenvalue weighted by molar-refractivity contribution is 0.442. The van der Waals surface area contributed by atoms with Gasteiger partial charge in [-0.1, -0.05) is 13.3 Å². The van der Waals surface area contributed by atoms with Crippen LogP contribution < -0.4 is 5.32 Å². The average Bonchev–Trinajstić information content (AvgIpc) is 2.81. The number of rotatable bonds is 5. The standard InChI is InChI=1S/C14H18F3NS/c1-2-19-13-5-3-4-12(13)18-8-9-6-10(15)14(17)11(16)7-9/h6-7,12-13,18H,2-5,8H2,1H3. The molecule has 0 heterocycles. The van der Waals surface area contributed by atoms with Crippen LogP contribution >= 0.6 is 11.8 Å². The molecule has 0 amide bonds. The van der Waals surface area contributed by atoms with Gasteiger partial charge >= 0.3 is 0 Å². The summed E-state index contributed by atoms with van der Waals surface area (Å²) < 4.78 is 39.0. The molecule has 2 atom stereocenters. The van der Waals surface area contributed by atoms with E-state index in [1.807, 2.05) is 11.8 Å². The highest BCUT2D eigenvalue weighted by atomic mass is 32.2. The Morgan fingerprint density at radius 2 is 1.89 bits per heavy atom. The highest BCUT2D eigenvalue weighted by molar-refractivity contribution is 7.99. The summed E-state index contributed by atoms with van der Waals surface area (Å²) in [5.41, 5.74) is 0.448. The molecule has 1 fully saturated rings. The molecule has 5 heteroatoms. The van der Waals surface area contributed by atoms with E-state index >= 15 is 0 Å². The van der Waals surface area contributed by atoms with Crippen LogP contribution in [-0.4, -0.2) is 17.0 Å². The number of nitrogens with one attached hydrogen (secondary N) is 1. The Morgan fingerprint density at radius 3 is 2.53 bits per heavy atom. The van der Waals surface area contributed by atoms with Gasteiger partial charge < -0.3 is 5.32 Å². The molecule has 0 aliphatic heterocycles. The van der Waals surface area contributed by atoms with Crippen LogP contribution in [0.25, 0.3) is 0 Å². The van der Waals surface area contributed by atoms with Gasteiger partial charge in [0.25, 0.3) is 0 Å². The molecule has 0 saturated heterocycles. The number of benzene rings is 1. The van der Waals surface area contributed by atoms with Crippen LogP contribution in [0.2, 0.25) is 0 Å². The second kappa shape index (κ2) is 6.66. The lowest BCUT2D eigenvalue weighted by Crippen LogP contribution is -2.33. The van der Waals surface area contributed by atoms with Crippen molar-refractivity contribution < 1.29 is 13.2 Å². The summed E-state index contributed by atoms with van der Waals surface area (Å²) in [6.07, 6.45) is 3.45. The summed E-state index contributed by atoms with van der Waals surface area (Å²) >= 11 is 1.92. The SMILES string of the molecule is CCSC1CCCC1NCc1cc(F)c(F)c(F)c1. The van der Waals surface area contributed by atoms with Gasteiger partial charge in [0.2, 0.25) is 0 Å². The molecule has 1 nitrogen and oxygen atoms in total. The van der Waals surface area contributed by atoms with E-state index in [4.69, 9.17) is 0 Å². The van der Waals surface area contributed by atoms with Gasteiger partial charge in [-0.15, -0.1) is 0 Å². The van der Waals surface area contributed by atoms with Crippen molar-refractivity contribution in [2.75, 3.05) is 5.75 Å². The Bertz CT molecular complexity index is 416. The van der Waals surface area contributed by atoms with Gasteiger partial charge in [0.05, 0.1) is 0 Å². The first-order valence-electron chi connectivity index (χ1n) is 6.60. The van der Waals surface area contributed by atoms with Crippen LogP contribution in [-0.2, 0) is 6.54 Å². The molecule has 0 aromatic heterocycles. The molecule has 2 unspecified atom stereocenters. The van der Waals surface area contributed by atoms with Crippen molar-refractivity contribution in [1.29, 1.82) is 0 Å². The lowest BCUT2D eigenvalue weighted by Gasteiger charge is -2.20. The summed E-state index contributed by atoms with van der Waals surface area (Å²) in [7, 11) is 0. The van der Waals surface area contributed by atoms with Gasteiger partial charge in [0.1, 0.15) is 0 Å². The molecule has 1 aromatic rings. The first-order valence-corrected chi connectivity index (χ1v) is 7.65. The summed E-state index contributed by atoms with van der Waals surface area (Å²) in [5, 5.41) is 3.90. The summed E-state index contributed by atoms with van der Waals surface area (Å²) in [6, 6.07) is 2.49. The molecule has 1 N–H and O–H groups in total. The average molecular weight is 289 g/mol. The first-order chi connectivity index (χ1) is 9.11. The van der Waals surface area contributed by atoms with Crippen molar-refractivity contribution in [3.8, 4) is 0 Å². The Hall–Kier alpha value is -0.680. The third kappa shape index (κ3) is 3.66. The van der Waals surface area contributed by atoms with Crippen LogP contribution in [0.3, 0.4) is 0 Å². The predicted molar refractivity (Wildman–Crippen MR) is 72.7 cm³/mol. The molecule has 19 heavy (non-hydrogen) atoms. The van der Waals surface area contributed by atoms with Gasteiger partial charge in [0, 0.05) is 17.8 Å². The third-order valence-corrected chi connectivity index (χ3v) is 4.77. The fourth-order valence-electron chi connectivity index (χ4n) is 2.53. The fourth-order valence-corrected chi connectivity index (χ4v) is 3.76. The van der Waals surface area contributed by atoms with E-state index in [0.29, 0.717) is 23.4 Å². The smallest absolute Gasteiger partial charge is 0.194 e. The molecule has 1 aromatic carbocycles. The van der Waals surface area contributed by atoms with Crippen LogP contribution in [0.5, 0.6) is 0 Å². The minimum absolute atomic E-state index is 0.375. The monoisotopic (exact) mass is 289 g/mol. The van der Waals surface area contributed by atoms with Gasteiger partial charge in [-0.05, 0) is 36.3 Å². The molecule has 1 aliphatic carbocycles. The molecule has 1 aliphatic rings. The predicted octanol–water partition coefficient (Wildman–Crippen LogP) is 3.87. The Morgan fingerprint density at radius 1 is 1.21 bits per heavy atom. The van der Waals surface area contributed by atoms with Crippen LogP contribution in [0.4, 0.5) is 13.2 Å². The quantitative estimate of drug-likeness (QED) is 0.826. The third-order valence-electron chi connectivity index (χ3n) is 3.45. The summed E-state index contributed by atoms with van der Waals surface area (Å²) in [6.45, 7) is 2.50. The molecular weight excluding hydrogens is 271 g/mol. The van der Waals surface area contributed by atoms with E-state index < -0.39 is 17.5 Å². The highest BCUT2D eigenvalue weighted by Crippen LogP contribution is 2.30. The van der Waals surface area contributed by atoms with E-state index in [-0.39, 0.29) is 0 Å². The normalized spacial score (nSPS) is 22.9. The molecule has 2 rings (SSSR count). The van der Waals surface area contributed by atoms with Crippen molar-refractivity contribution in [1.82, 2.24) is 5.32 Å². The lowest BCUT2D eigenvalue weighted by atomic mass is 10.1. The van der Waals surface area contributed by atoms with Crippen molar-refractivity contribution in [2.24, 2.45) is 0 Å². The Labute approximate surface area is 116 Å². The number of hydrogen-bond acceptors (Lipinski definition) is 2. The second-order valence-corrected chi connectivity index (χ2v) is 6.30. The summed E-state index contributed by atoms with van der Waals surface area (Å²) in [4.78, 5) is 0. The molecule has 106 valence electrons. The summed E-state index contributed by atoms with van der Waals surface area (Å²) in [5.74, 6) is -2.57. The van der Waals surface area contributed by atoms with E-state index in [2.05, 4.69) is 12.2 Å². The maximum absolute atomic E-state index is 13.1. The van der Waals surface area contributed by atoms with E-state index in [0.717, 1.165) is 24.3 Å². The zero-order chi connectivity index (χ0) is 13.8. The minimum atomic E-state index is -1.40. The van der Waals surface area contributed by atoms with Gasteiger partial charge in [-0.2, -0.15) is 11.8 Å². The van der Waals surface area contributed by atoms with Crippen molar-refractivity contribution >= 4 is 11.8 Å². The molecule has 0 spiro atoms. The molecule has 0 radical (unpaired) electrons. The topological polar surface area (TPSA) is 12.0 Å². The Balaban J connectivity index is 1.95. The fraction of sp³-hybridized carbons (Fsp3) is 0.571. The number of thioether (sulfide) groups is 1. The van der Waals surface area contributed by atoms with Crippen LogP contribution in [0, 0.1) is 17.5 Å². The minimum Gasteiger partial charge on any atom is -0.309 e. The van der Waals surface area contributed by atoms with Crippen molar-refractivity contribution in [2.45, 2.75) is 44.0 Å². The number of hydrogen-bond donors (Lipinski definition) is 1. The highest BCUT2D eigenvalue weighted by Gasteiger charge is 2.26. The van der Waals surface area contributed by atoms with Gasteiger partial charge in [-0.25, -0.2) is 13.2 Å².